The molecule has 0 radical (unpaired) electrons. The number of amides is 2. The molecule has 2 rings (SSSR count). The Hall–Kier alpha value is -1.34. The maximum atomic E-state index is 12.2. The zero-order valence-electron chi connectivity index (χ0n) is 17.2. The number of anilines is 2. The molecule has 0 atom stereocenters. The fourth-order valence-electron chi connectivity index (χ4n) is 3.34. The van der Waals surface area contributed by atoms with Crippen LogP contribution in [0.5, 0.6) is 0 Å². The number of hydrogen-bond donors (Lipinski definition) is 3. The summed E-state index contributed by atoms with van der Waals surface area (Å²) in [6, 6.07) is 7.32. The van der Waals surface area contributed by atoms with Gasteiger partial charge >= 0.3 is 0 Å². The first kappa shape index (κ1) is 27.7. The summed E-state index contributed by atoms with van der Waals surface area (Å²) >= 11 is 0. The lowest BCUT2D eigenvalue weighted by Gasteiger charge is -2.19. The van der Waals surface area contributed by atoms with Crippen LogP contribution in [0, 0.1) is 0 Å². The minimum absolute atomic E-state index is 0. The molecule has 1 saturated heterocycles. The number of unbranched alkanes of at least 4 members (excludes halogenated alkanes) is 3. The van der Waals surface area contributed by atoms with Crippen molar-refractivity contribution in [2.45, 2.75) is 57.8 Å². The van der Waals surface area contributed by atoms with Crippen LogP contribution in [0.1, 0.15) is 57.8 Å². The van der Waals surface area contributed by atoms with Crippen LogP contribution in [0.25, 0.3) is 0 Å². The van der Waals surface area contributed by atoms with Crippen LogP contribution in [-0.4, -0.2) is 42.9 Å². The Balaban J connectivity index is 0.00000392. The van der Waals surface area contributed by atoms with Gasteiger partial charge in [0.25, 0.3) is 0 Å². The summed E-state index contributed by atoms with van der Waals surface area (Å²) in [5.74, 6) is 0.0480. The maximum absolute atomic E-state index is 12.2. The molecule has 0 bridgehead atoms. The number of likely N-dealkylation sites (tertiary alicyclic amines) is 1. The van der Waals surface area contributed by atoms with E-state index < -0.39 is 0 Å². The highest BCUT2D eigenvalue weighted by Gasteiger charge is 2.13. The van der Waals surface area contributed by atoms with Gasteiger partial charge in [0.05, 0.1) is 6.54 Å². The quantitative estimate of drug-likeness (QED) is 0.470. The van der Waals surface area contributed by atoms with Gasteiger partial charge in [-0.1, -0.05) is 25.7 Å². The van der Waals surface area contributed by atoms with E-state index in [2.05, 4.69) is 15.5 Å². The van der Waals surface area contributed by atoms with Gasteiger partial charge in [-0.3, -0.25) is 14.5 Å². The summed E-state index contributed by atoms with van der Waals surface area (Å²) in [5.41, 5.74) is 6.98. The summed E-state index contributed by atoms with van der Waals surface area (Å²) < 4.78 is 0. The summed E-state index contributed by atoms with van der Waals surface area (Å²) in [6.45, 7) is 3.17. The normalized spacial score (nSPS) is 14.1. The Labute approximate surface area is 187 Å². The van der Waals surface area contributed by atoms with Crippen molar-refractivity contribution >= 4 is 48.0 Å². The number of hydrogen-bond acceptors (Lipinski definition) is 4. The molecule has 1 aliphatic heterocycles. The largest absolute Gasteiger partial charge is 0.330 e. The smallest absolute Gasteiger partial charge is 0.238 e. The maximum Gasteiger partial charge on any atom is 0.238 e. The first-order chi connectivity index (χ1) is 13.2. The van der Waals surface area contributed by atoms with E-state index in [1.807, 2.05) is 24.3 Å². The van der Waals surface area contributed by atoms with Crippen molar-refractivity contribution in [2.75, 3.05) is 36.8 Å². The molecule has 1 aliphatic rings. The van der Waals surface area contributed by atoms with Gasteiger partial charge in [-0.05, 0) is 69.6 Å². The van der Waals surface area contributed by atoms with Crippen molar-refractivity contribution in [1.29, 1.82) is 0 Å². The molecule has 0 unspecified atom stereocenters. The third-order valence-corrected chi connectivity index (χ3v) is 4.88. The van der Waals surface area contributed by atoms with Gasteiger partial charge in [0.15, 0.2) is 0 Å². The van der Waals surface area contributed by atoms with Crippen LogP contribution in [-0.2, 0) is 9.59 Å². The average Bonchev–Trinajstić information content (AvgIpc) is 2.92. The second-order valence-corrected chi connectivity index (χ2v) is 7.32. The fraction of sp³-hybridized carbons (Fsp3) is 0.619. The Morgan fingerprint density at radius 2 is 1.31 bits per heavy atom. The number of benzene rings is 1. The highest BCUT2D eigenvalue weighted by Crippen LogP contribution is 2.15. The molecule has 0 spiro atoms. The van der Waals surface area contributed by atoms with Gasteiger partial charge in [0.2, 0.25) is 11.8 Å². The van der Waals surface area contributed by atoms with Crippen molar-refractivity contribution in [3.05, 3.63) is 24.3 Å². The van der Waals surface area contributed by atoms with E-state index in [1.165, 1.54) is 25.7 Å². The molecule has 1 aromatic carbocycles. The zero-order valence-corrected chi connectivity index (χ0v) is 18.8. The van der Waals surface area contributed by atoms with Crippen LogP contribution in [0.3, 0.4) is 0 Å². The molecule has 166 valence electrons. The van der Waals surface area contributed by atoms with Gasteiger partial charge in [0, 0.05) is 17.8 Å². The van der Waals surface area contributed by atoms with Gasteiger partial charge < -0.3 is 16.4 Å². The first-order valence-corrected chi connectivity index (χ1v) is 10.3. The Morgan fingerprint density at radius 3 is 1.86 bits per heavy atom. The third-order valence-electron chi connectivity index (χ3n) is 4.88. The van der Waals surface area contributed by atoms with E-state index in [-0.39, 0.29) is 36.6 Å². The molecular weight excluding hydrogens is 411 g/mol. The first-order valence-electron chi connectivity index (χ1n) is 10.3. The van der Waals surface area contributed by atoms with Crippen molar-refractivity contribution in [2.24, 2.45) is 5.73 Å². The van der Waals surface area contributed by atoms with Crippen molar-refractivity contribution in [3.63, 3.8) is 0 Å². The predicted molar refractivity (Wildman–Crippen MR) is 125 cm³/mol. The Bertz CT molecular complexity index is 577. The monoisotopic (exact) mass is 446 g/mol. The molecular formula is C21H36Cl2N4O2. The standard InChI is InChI=1S/C21H34N4O2.2ClH/c22-14-6-2-1-5-9-20(26)23-18-10-12-19(13-11-18)24-21(27)17-25-15-7-3-4-8-16-25;;/h10-13H,1-9,14-17,22H2,(H,23,26)(H,24,27);2*1H. The number of halogens is 2. The second-order valence-electron chi connectivity index (χ2n) is 7.32. The van der Waals surface area contributed by atoms with Crippen molar-refractivity contribution < 1.29 is 9.59 Å². The summed E-state index contributed by atoms with van der Waals surface area (Å²) in [4.78, 5) is 26.4. The van der Waals surface area contributed by atoms with Crippen LogP contribution < -0.4 is 16.4 Å². The van der Waals surface area contributed by atoms with Gasteiger partial charge in [-0.2, -0.15) is 0 Å². The Morgan fingerprint density at radius 1 is 0.793 bits per heavy atom. The molecule has 8 heteroatoms. The van der Waals surface area contributed by atoms with E-state index >= 15 is 0 Å². The number of nitrogens with zero attached hydrogens (tertiary/aromatic N) is 1. The lowest BCUT2D eigenvalue weighted by Crippen LogP contribution is -2.33. The molecule has 0 aliphatic carbocycles. The summed E-state index contributed by atoms with van der Waals surface area (Å²) in [6.07, 6.45) is 9.42. The van der Waals surface area contributed by atoms with Crippen LogP contribution >= 0.6 is 24.8 Å². The highest BCUT2D eigenvalue weighted by atomic mass is 35.5. The van der Waals surface area contributed by atoms with E-state index in [1.54, 1.807) is 0 Å². The van der Waals surface area contributed by atoms with E-state index in [9.17, 15) is 9.59 Å². The molecule has 29 heavy (non-hydrogen) atoms. The van der Waals surface area contributed by atoms with Crippen molar-refractivity contribution in [3.8, 4) is 0 Å². The minimum atomic E-state index is 0. The van der Waals surface area contributed by atoms with Crippen molar-refractivity contribution in [1.82, 2.24) is 4.90 Å². The number of carbonyl (C=O) groups is 2. The molecule has 1 heterocycles. The number of carbonyl (C=O) groups excluding carboxylic acids is 2. The van der Waals surface area contributed by atoms with Gasteiger partial charge in [-0.15, -0.1) is 24.8 Å². The van der Waals surface area contributed by atoms with E-state index in [4.69, 9.17) is 5.73 Å². The van der Waals surface area contributed by atoms with E-state index in [0.717, 1.165) is 50.1 Å². The SMILES string of the molecule is Cl.Cl.NCCCCCCC(=O)Nc1ccc(NC(=O)CN2CCCCCC2)cc1. The van der Waals surface area contributed by atoms with Crippen LogP contribution in [0.4, 0.5) is 11.4 Å². The van der Waals surface area contributed by atoms with Crippen LogP contribution in [0.15, 0.2) is 24.3 Å². The van der Waals surface area contributed by atoms with Gasteiger partial charge in [0.1, 0.15) is 0 Å². The van der Waals surface area contributed by atoms with Gasteiger partial charge in [-0.25, -0.2) is 0 Å². The number of rotatable bonds is 10. The number of nitrogens with one attached hydrogen (secondary N) is 2. The predicted octanol–water partition coefficient (Wildman–Crippen LogP) is 4.19. The summed E-state index contributed by atoms with van der Waals surface area (Å²) in [7, 11) is 0. The minimum Gasteiger partial charge on any atom is -0.330 e. The molecule has 0 saturated carbocycles. The molecule has 1 aromatic rings. The topological polar surface area (TPSA) is 87.5 Å². The Kier molecular flexibility index (Phi) is 15.7. The second kappa shape index (κ2) is 16.5. The molecule has 2 amide bonds. The molecule has 1 fully saturated rings. The third kappa shape index (κ3) is 12.1. The summed E-state index contributed by atoms with van der Waals surface area (Å²) in [5, 5.41) is 5.84. The molecule has 6 nitrogen and oxygen atoms in total. The fourth-order valence-corrected chi connectivity index (χ4v) is 3.34. The molecule has 0 aromatic heterocycles. The highest BCUT2D eigenvalue weighted by molar-refractivity contribution is 5.93. The zero-order chi connectivity index (χ0) is 19.3. The average molecular weight is 447 g/mol. The van der Waals surface area contributed by atoms with Crippen LogP contribution in [0.2, 0.25) is 0 Å². The number of nitrogens with two attached hydrogens (primary N) is 1. The lowest BCUT2D eigenvalue weighted by atomic mass is 10.1. The lowest BCUT2D eigenvalue weighted by molar-refractivity contribution is -0.117. The van der Waals surface area contributed by atoms with E-state index in [0.29, 0.717) is 19.5 Å². The molecule has 4 N–H and O–H groups in total.